The Hall–Kier alpha value is -1.65. The molecule has 0 spiro atoms. The van der Waals surface area contributed by atoms with Gasteiger partial charge in [-0.15, -0.1) is 0 Å². The summed E-state index contributed by atoms with van der Waals surface area (Å²) in [6, 6.07) is 7.13. The van der Waals surface area contributed by atoms with E-state index in [1.54, 1.807) is 12.1 Å². The molecular weight excluding hydrogens is 273 g/mol. The average molecular weight is 282 g/mol. The zero-order chi connectivity index (χ0) is 13.1. The Labute approximate surface area is 114 Å². The van der Waals surface area contributed by atoms with E-state index in [-0.39, 0.29) is 21.9 Å². The lowest BCUT2D eigenvalue weighted by molar-refractivity contribution is 0.102. The Morgan fingerprint density at radius 2 is 1.67 bits per heavy atom. The molecule has 6 heteroatoms. The molecular formula is C12H9Cl2N3O. The van der Waals surface area contributed by atoms with Crippen LogP contribution in [0.1, 0.15) is 15.9 Å². The van der Waals surface area contributed by atoms with E-state index in [9.17, 15) is 4.79 Å². The summed E-state index contributed by atoms with van der Waals surface area (Å²) in [6.07, 6.45) is 1.23. The van der Waals surface area contributed by atoms with Gasteiger partial charge in [-0.3, -0.25) is 4.79 Å². The monoisotopic (exact) mass is 281 g/mol. The zero-order valence-corrected chi connectivity index (χ0v) is 11.0. The number of nitrogens with one attached hydrogen (secondary N) is 1. The van der Waals surface area contributed by atoms with Crippen molar-refractivity contribution >= 4 is 34.8 Å². The van der Waals surface area contributed by atoms with Crippen molar-refractivity contribution in [2.75, 3.05) is 5.32 Å². The molecule has 1 aromatic heterocycles. The number of anilines is 1. The van der Waals surface area contributed by atoms with Crippen molar-refractivity contribution in [3.05, 3.63) is 52.0 Å². The van der Waals surface area contributed by atoms with E-state index in [0.29, 0.717) is 5.56 Å². The van der Waals surface area contributed by atoms with E-state index in [0.717, 1.165) is 5.56 Å². The maximum absolute atomic E-state index is 11.9. The third-order valence-electron chi connectivity index (χ3n) is 2.31. The number of benzene rings is 1. The van der Waals surface area contributed by atoms with Crippen LogP contribution in [-0.4, -0.2) is 15.9 Å². The molecule has 18 heavy (non-hydrogen) atoms. The molecule has 92 valence electrons. The first kappa shape index (κ1) is 12.8. The molecule has 0 aliphatic carbocycles. The van der Waals surface area contributed by atoms with E-state index >= 15 is 0 Å². The van der Waals surface area contributed by atoms with E-state index in [4.69, 9.17) is 23.2 Å². The summed E-state index contributed by atoms with van der Waals surface area (Å²) in [5, 5.41) is 2.80. The fourth-order valence-corrected chi connectivity index (χ4v) is 1.75. The normalized spacial score (nSPS) is 10.2. The second-order valence-corrected chi connectivity index (χ2v) is 4.37. The second kappa shape index (κ2) is 5.33. The number of carbonyl (C=O) groups is 1. The van der Waals surface area contributed by atoms with Gasteiger partial charge in [-0.05, 0) is 19.1 Å². The van der Waals surface area contributed by atoms with Gasteiger partial charge >= 0.3 is 0 Å². The Morgan fingerprint density at radius 1 is 1.11 bits per heavy atom. The minimum Gasteiger partial charge on any atom is -0.317 e. The van der Waals surface area contributed by atoms with Crippen LogP contribution in [0.2, 0.25) is 10.3 Å². The summed E-state index contributed by atoms with van der Waals surface area (Å²) in [6.45, 7) is 1.94. The molecule has 0 aliphatic rings. The largest absolute Gasteiger partial charge is 0.317 e. The predicted molar refractivity (Wildman–Crippen MR) is 71.2 cm³/mol. The Kier molecular flexibility index (Phi) is 3.79. The van der Waals surface area contributed by atoms with Crippen molar-refractivity contribution in [1.82, 2.24) is 9.97 Å². The van der Waals surface area contributed by atoms with Crippen molar-refractivity contribution in [2.24, 2.45) is 0 Å². The molecule has 2 aromatic rings. The molecule has 1 heterocycles. The number of aromatic nitrogens is 2. The van der Waals surface area contributed by atoms with Gasteiger partial charge in [0.15, 0.2) is 10.3 Å². The van der Waals surface area contributed by atoms with Crippen LogP contribution in [0.5, 0.6) is 0 Å². The smallest absolute Gasteiger partial charge is 0.255 e. The Balaban J connectivity index is 2.24. The lowest BCUT2D eigenvalue weighted by atomic mass is 10.1. The number of amides is 1. The lowest BCUT2D eigenvalue weighted by Crippen LogP contribution is -2.13. The molecule has 0 saturated heterocycles. The first-order valence-corrected chi connectivity index (χ1v) is 5.87. The van der Waals surface area contributed by atoms with Crippen LogP contribution in [0.4, 0.5) is 5.69 Å². The SMILES string of the molecule is Cc1ccc(C(=O)Nc2c(Cl)ncnc2Cl)cc1. The molecule has 1 N–H and O–H groups in total. The van der Waals surface area contributed by atoms with E-state index < -0.39 is 0 Å². The summed E-state index contributed by atoms with van der Waals surface area (Å²) in [5.41, 5.74) is 1.80. The summed E-state index contributed by atoms with van der Waals surface area (Å²) in [7, 11) is 0. The molecule has 1 aromatic carbocycles. The minimum atomic E-state index is -0.311. The summed E-state index contributed by atoms with van der Waals surface area (Å²) in [4.78, 5) is 19.5. The van der Waals surface area contributed by atoms with Gasteiger partial charge in [-0.25, -0.2) is 9.97 Å². The number of aryl methyl sites for hydroxylation is 1. The van der Waals surface area contributed by atoms with Gasteiger partial charge in [-0.2, -0.15) is 0 Å². The number of nitrogens with zero attached hydrogens (tertiary/aromatic N) is 2. The van der Waals surface area contributed by atoms with Crippen molar-refractivity contribution in [3.8, 4) is 0 Å². The van der Waals surface area contributed by atoms with Crippen LogP contribution in [0, 0.1) is 6.92 Å². The molecule has 0 aliphatic heterocycles. The summed E-state index contributed by atoms with van der Waals surface area (Å²) >= 11 is 11.7. The van der Waals surface area contributed by atoms with Gasteiger partial charge in [0, 0.05) is 5.56 Å². The summed E-state index contributed by atoms with van der Waals surface area (Å²) in [5.74, 6) is -0.311. The highest BCUT2D eigenvalue weighted by molar-refractivity contribution is 6.38. The van der Waals surface area contributed by atoms with Gasteiger partial charge in [0.05, 0.1) is 0 Å². The number of carbonyl (C=O) groups excluding carboxylic acids is 1. The third-order valence-corrected chi connectivity index (χ3v) is 2.88. The van der Waals surface area contributed by atoms with Crippen molar-refractivity contribution in [1.29, 1.82) is 0 Å². The highest BCUT2D eigenvalue weighted by atomic mass is 35.5. The predicted octanol–water partition coefficient (Wildman–Crippen LogP) is 3.34. The van der Waals surface area contributed by atoms with E-state index in [2.05, 4.69) is 15.3 Å². The van der Waals surface area contributed by atoms with Crippen LogP contribution in [-0.2, 0) is 0 Å². The minimum absolute atomic E-state index is 0.107. The van der Waals surface area contributed by atoms with Gasteiger partial charge in [0.25, 0.3) is 5.91 Å². The van der Waals surface area contributed by atoms with Crippen molar-refractivity contribution < 1.29 is 4.79 Å². The number of halogens is 2. The van der Waals surface area contributed by atoms with Gasteiger partial charge in [0.2, 0.25) is 0 Å². The van der Waals surface area contributed by atoms with Crippen LogP contribution in [0.3, 0.4) is 0 Å². The fourth-order valence-electron chi connectivity index (χ4n) is 1.34. The average Bonchev–Trinajstić information content (AvgIpc) is 2.34. The van der Waals surface area contributed by atoms with Crippen LogP contribution < -0.4 is 5.32 Å². The number of hydrogen-bond donors (Lipinski definition) is 1. The molecule has 0 radical (unpaired) electrons. The Bertz CT molecular complexity index is 564. The standard InChI is InChI=1S/C12H9Cl2N3O/c1-7-2-4-8(5-3-7)12(18)17-9-10(13)15-6-16-11(9)14/h2-6H,1H3,(H,17,18). The third kappa shape index (κ3) is 2.78. The zero-order valence-electron chi connectivity index (χ0n) is 9.45. The molecule has 0 unspecified atom stereocenters. The Morgan fingerprint density at radius 3 is 2.22 bits per heavy atom. The van der Waals surface area contributed by atoms with E-state index in [1.165, 1.54) is 6.33 Å². The molecule has 0 fully saturated rings. The van der Waals surface area contributed by atoms with Crippen LogP contribution in [0.25, 0.3) is 0 Å². The topological polar surface area (TPSA) is 54.9 Å². The van der Waals surface area contributed by atoms with Crippen molar-refractivity contribution in [3.63, 3.8) is 0 Å². The molecule has 1 amide bonds. The molecule has 2 rings (SSSR count). The first-order valence-electron chi connectivity index (χ1n) is 5.12. The van der Waals surface area contributed by atoms with Gasteiger partial charge < -0.3 is 5.32 Å². The molecule has 0 bridgehead atoms. The number of hydrogen-bond acceptors (Lipinski definition) is 3. The molecule has 0 saturated carbocycles. The summed E-state index contributed by atoms with van der Waals surface area (Å²) < 4.78 is 0. The first-order chi connectivity index (χ1) is 8.58. The maximum Gasteiger partial charge on any atom is 0.255 e. The van der Waals surface area contributed by atoms with Crippen molar-refractivity contribution in [2.45, 2.75) is 6.92 Å². The second-order valence-electron chi connectivity index (χ2n) is 3.65. The molecule has 4 nitrogen and oxygen atoms in total. The van der Waals surface area contributed by atoms with Gasteiger partial charge in [-0.1, -0.05) is 40.9 Å². The lowest BCUT2D eigenvalue weighted by Gasteiger charge is -2.07. The van der Waals surface area contributed by atoms with Crippen LogP contribution in [0.15, 0.2) is 30.6 Å². The quantitative estimate of drug-likeness (QED) is 0.859. The fraction of sp³-hybridized carbons (Fsp3) is 0.0833. The highest BCUT2D eigenvalue weighted by Gasteiger charge is 2.12. The highest BCUT2D eigenvalue weighted by Crippen LogP contribution is 2.26. The number of rotatable bonds is 2. The molecule has 0 atom stereocenters. The van der Waals surface area contributed by atoms with Gasteiger partial charge in [0.1, 0.15) is 12.0 Å². The van der Waals surface area contributed by atoms with E-state index in [1.807, 2.05) is 19.1 Å². The van der Waals surface area contributed by atoms with Crippen LogP contribution >= 0.6 is 23.2 Å². The maximum atomic E-state index is 11.9.